The van der Waals surface area contributed by atoms with Gasteiger partial charge >= 0.3 is 12.1 Å². The molecule has 0 spiro atoms. The second kappa shape index (κ2) is 10.1. The van der Waals surface area contributed by atoms with Crippen LogP contribution in [-0.4, -0.2) is 41.8 Å². The first-order valence-electron chi connectivity index (χ1n) is 10.2. The molecule has 0 radical (unpaired) electrons. The number of fused-ring (bicyclic) bond motifs is 3. The van der Waals surface area contributed by atoms with Crippen LogP contribution < -0.4 is 10.8 Å². The topological polar surface area (TPSA) is 114 Å². The van der Waals surface area contributed by atoms with Gasteiger partial charge in [0.2, 0.25) is 5.91 Å². The highest BCUT2D eigenvalue weighted by Gasteiger charge is 2.29. The summed E-state index contributed by atoms with van der Waals surface area (Å²) in [5, 5.41) is 11.4. The highest BCUT2D eigenvalue weighted by atomic mass is 16.7. The molecule has 1 aliphatic rings. The van der Waals surface area contributed by atoms with E-state index in [1.54, 1.807) is 0 Å². The van der Waals surface area contributed by atoms with Gasteiger partial charge in [-0.1, -0.05) is 55.5 Å². The zero-order valence-corrected chi connectivity index (χ0v) is 17.5. The molecule has 2 aromatic carbocycles. The number of amides is 2. The molecule has 8 heteroatoms. The average Bonchev–Trinajstić information content (AvgIpc) is 3.09. The van der Waals surface area contributed by atoms with Gasteiger partial charge in [-0.25, -0.2) is 15.1 Å². The Labute approximate surface area is 180 Å². The summed E-state index contributed by atoms with van der Waals surface area (Å²) in [4.78, 5) is 39.8. The van der Waals surface area contributed by atoms with Crippen LogP contribution in [0.5, 0.6) is 0 Å². The van der Waals surface area contributed by atoms with Crippen LogP contribution in [0.25, 0.3) is 11.1 Å². The van der Waals surface area contributed by atoms with E-state index in [4.69, 9.17) is 14.7 Å². The standard InChI is InChI=1S/C23H26N2O6/c1-3-15(12-21(26)25-31-14(2)22(27)28)24-23(29)30-13-20-18-10-6-4-8-16(18)17-9-5-7-11-19(17)20/h4-11,14-15,20H,3,12-13H2,1-2H3,(H,24,29)(H,25,26)(H,27,28). The predicted molar refractivity (Wildman–Crippen MR) is 113 cm³/mol. The molecule has 2 aromatic rings. The normalized spacial score (nSPS) is 14.1. The fraction of sp³-hybridized carbons (Fsp3) is 0.348. The number of ether oxygens (including phenoxy) is 1. The van der Waals surface area contributed by atoms with Crippen molar-refractivity contribution in [1.82, 2.24) is 10.8 Å². The zero-order valence-electron chi connectivity index (χ0n) is 17.5. The lowest BCUT2D eigenvalue weighted by atomic mass is 9.98. The van der Waals surface area contributed by atoms with Gasteiger partial charge in [-0.15, -0.1) is 0 Å². The molecule has 0 saturated heterocycles. The van der Waals surface area contributed by atoms with Gasteiger partial charge in [-0.2, -0.15) is 0 Å². The van der Waals surface area contributed by atoms with Gasteiger partial charge in [0.1, 0.15) is 6.61 Å². The summed E-state index contributed by atoms with van der Waals surface area (Å²) in [5.74, 6) is -1.77. The summed E-state index contributed by atoms with van der Waals surface area (Å²) in [6, 6.07) is 15.7. The van der Waals surface area contributed by atoms with E-state index in [2.05, 4.69) is 22.9 Å². The molecular weight excluding hydrogens is 400 g/mol. The van der Waals surface area contributed by atoms with Crippen LogP contribution in [0.4, 0.5) is 4.79 Å². The van der Waals surface area contributed by atoms with E-state index in [1.807, 2.05) is 43.3 Å². The first kappa shape index (κ1) is 22.3. The van der Waals surface area contributed by atoms with Crippen LogP contribution in [0.3, 0.4) is 0 Å². The Morgan fingerprint density at radius 2 is 1.61 bits per heavy atom. The quantitative estimate of drug-likeness (QED) is 0.531. The molecule has 0 aromatic heterocycles. The van der Waals surface area contributed by atoms with Gasteiger partial charge in [-0.3, -0.25) is 9.63 Å². The maximum atomic E-state index is 12.4. The number of nitrogens with one attached hydrogen (secondary N) is 2. The van der Waals surface area contributed by atoms with Gasteiger partial charge in [0, 0.05) is 18.4 Å². The molecule has 2 unspecified atom stereocenters. The Hall–Kier alpha value is -3.39. The monoisotopic (exact) mass is 426 g/mol. The molecule has 2 amide bonds. The number of benzene rings is 2. The highest BCUT2D eigenvalue weighted by molar-refractivity contribution is 5.79. The fourth-order valence-corrected chi connectivity index (χ4v) is 3.57. The van der Waals surface area contributed by atoms with E-state index in [1.165, 1.54) is 6.92 Å². The van der Waals surface area contributed by atoms with E-state index in [9.17, 15) is 14.4 Å². The lowest BCUT2D eigenvalue weighted by Gasteiger charge is -2.19. The predicted octanol–water partition coefficient (Wildman–Crippen LogP) is 3.21. The minimum Gasteiger partial charge on any atom is -0.479 e. The Kier molecular flexibility index (Phi) is 7.25. The summed E-state index contributed by atoms with van der Waals surface area (Å²) in [5.41, 5.74) is 6.61. The zero-order chi connectivity index (χ0) is 22.4. The number of carbonyl (C=O) groups excluding carboxylic acids is 2. The van der Waals surface area contributed by atoms with Crippen molar-refractivity contribution >= 4 is 18.0 Å². The van der Waals surface area contributed by atoms with E-state index in [-0.39, 0.29) is 18.9 Å². The van der Waals surface area contributed by atoms with Crippen molar-refractivity contribution in [3.8, 4) is 11.1 Å². The van der Waals surface area contributed by atoms with Crippen LogP contribution in [0.15, 0.2) is 48.5 Å². The molecule has 31 heavy (non-hydrogen) atoms. The summed E-state index contributed by atoms with van der Waals surface area (Å²) >= 11 is 0. The lowest BCUT2D eigenvalue weighted by molar-refractivity contribution is -0.158. The largest absolute Gasteiger partial charge is 0.479 e. The summed E-state index contributed by atoms with van der Waals surface area (Å²) in [6.07, 6.45) is -1.35. The molecule has 0 fully saturated rings. The number of rotatable bonds is 9. The van der Waals surface area contributed by atoms with Gasteiger partial charge < -0.3 is 15.2 Å². The van der Waals surface area contributed by atoms with E-state index >= 15 is 0 Å². The van der Waals surface area contributed by atoms with Crippen LogP contribution >= 0.6 is 0 Å². The highest BCUT2D eigenvalue weighted by Crippen LogP contribution is 2.44. The summed E-state index contributed by atoms with van der Waals surface area (Å²) < 4.78 is 5.49. The van der Waals surface area contributed by atoms with Crippen LogP contribution in [0.2, 0.25) is 0 Å². The molecule has 8 nitrogen and oxygen atoms in total. The molecule has 164 valence electrons. The van der Waals surface area contributed by atoms with Crippen LogP contribution in [0, 0.1) is 0 Å². The smallest absolute Gasteiger partial charge is 0.407 e. The summed E-state index contributed by atoms with van der Waals surface area (Å²) in [6.45, 7) is 3.30. The van der Waals surface area contributed by atoms with Crippen molar-refractivity contribution in [3.63, 3.8) is 0 Å². The third kappa shape index (κ3) is 5.40. The number of hydroxylamine groups is 1. The SMILES string of the molecule is CCC(CC(=O)NOC(C)C(=O)O)NC(=O)OCC1c2ccccc2-c2ccccc21. The summed E-state index contributed by atoms with van der Waals surface area (Å²) in [7, 11) is 0. The second-order valence-electron chi connectivity index (χ2n) is 7.40. The van der Waals surface area contributed by atoms with E-state index < -0.39 is 30.1 Å². The number of alkyl carbamates (subject to hydrolysis) is 1. The molecule has 0 bridgehead atoms. The Morgan fingerprint density at radius 3 is 2.16 bits per heavy atom. The second-order valence-corrected chi connectivity index (χ2v) is 7.40. The maximum Gasteiger partial charge on any atom is 0.407 e. The van der Waals surface area contributed by atoms with Gasteiger partial charge in [0.15, 0.2) is 6.10 Å². The van der Waals surface area contributed by atoms with Crippen molar-refractivity contribution in [3.05, 3.63) is 59.7 Å². The van der Waals surface area contributed by atoms with Gasteiger partial charge in [-0.05, 0) is 35.6 Å². The Morgan fingerprint density at radius 1 is 1.03 bits per heavy atom. The third-order valence-electron chi connectivity index (χ3n) is 5.29. The van der Waals surface area contributed by atoms with Crippen LogP contribution in [-0.2, 0) is 19.2 Å². The van der Waals surface area contributed by atoms with E-state index in [0.717, 1.165) is 22.3 Å². The fourth-order valence-electron chi connectivity index (χ4n) is 3.57. The minimum atomic E-state index is -1.19. The number of hydrogen-bond donors (Lipinski definition) is 3. The molecule has 3 N–H and O–H groups in total. The van der Waals surface area contributed by atoms with Crippen molar-refractivity contribution in [1.29, 1.82) is 0 Å². The molecule has 0 aliphatic heterocycles. The minimum absolute atomic E-state index is 0.0487. The first-order valence-corrected chi connectivity index (χ1v) is 10.2. The molecule has 0 heterocycles. The molecular formula is C23H26N2O6. The number of hydrogen-bond acceptors (Lipinski definition) is 5. The lowest BCUT2D eigenvalue weighted by Crippen LogP contribution is -2.40. The number of carboxylic acid groups (broad SMARTS) is 1. The molecule has 1 aliphatic carbocycles. The van der Waals surface area contributed by atoms with Crippen molar-refractivity contribution in [2.75, 3.05) is 6.61 Å². The third-order valence-corrected chi connectivity index (χ3v) is 5.29. The van der Waals surface area contributed by atoms with E-state index in [0.29, 0.717) is 6.42 Å². The molecule has 2 atom stereocenters. The Bertz CT molecular complexity index is 915. The maximum absolute atomic E-state index is 12.4. The number of carbonyl (C=O) groups is 3. The van der Waals surface area contributed by atoms with Crippen LogP contribution in [0.1, 0.15) is 43.7 Å². The number of carboxylic acids is 1. The molecule has 0 saturated carbocycles. The van der Waals surface area contributed by atoms with Crippen molar-refractivity contribution in [2.24, 2.45) is 0 Å². The number of aliphatic carboxylic acids is 1. The van der Waals surface area contributed by atoms with Gasteiger partial charge in [0.05, 0.1) is 0 Å². The van der Waals surface area contributed by atoms with Crippen molar-refractivity contribution < 1.29 is 29.1 Å². The molecule has 3 rings (SSSR count). The first-order chi connectivity index (χ1) is 14.9. The Balaban J connectivity index is 1.53. The van der Waals surface area contributed by atoms with Crippen molar-refractivity contribution in [2.45, 2.75) is 44.8 Å². The average molecular weight is 426 g/mol. The van der Waals surface area contributed by atoms with Gasteiger partial charge in [0.25, 0.3) is 0 Å².